The van der Waals surface area contributed by atoms with E-state index in [0.29, 0.717) is 18.2 Å². The topological polar surface area (TPSA) is 70.7 Å². The van der Waals surface area contributed by atoms with Crippen LogP contribution in [0.2, 0.25) is 0 Å². The first-order chi connectivity index (χ1) is 13.5. The van der Waals surface area contributed by atoms with Gasteiger partial charge in [0, 0.05) is 12.7 Å². The second kappa shape index (κ2) is 8.78. The number of nitrogens with zero attached hydrogens (tertiary/aromatic N) is 1. The molecular weight excluding hydrogens is 354 g/mol. The summed E-state index contributed by atoms with van der Waals surface area (Å²) >= 11 is 0. The van der Waals surface area contributed by atoms with Gasteiger partial charge in [-0.15, -0.1) is 0 Å². The summed E-state index contributed by atoms with van der Waals surface area (Å²) in [6, 6.07) is 15.4. The van der Waals surface area contributed by atoms with E-state index in [1.807, 2.05) is 41.3 Å². The molecule has 0 saturated heterocycles. The largest absolute Gasteiger partial charge is 0.477 e. The van der Waals surface area contributed by atoms with Crippen LogP contribution in [0.15, 0.2) is 48.5 Å². The molecule has 0 saturated carbocycles. The minimum Gasteiger partial charge on any atom is -0.477 e. The van der Waals surface area contributed by atoms with Gasteiger partial charge in [-0.2, -0.15) is 0 Å². The zero-order valence-corrected chi connectivity index (χ0v) is 16.6. The van der Waals surface area contributed by atoms with Crippen LogP contribution in [0.1, 0.15) is 31.7 Å². The van der Waals surface area contributed by atoms with Crippen molar-refractivity contribution in [1.82, 2.24) is 5.32 Å². The molecule has 1 heterocycles. The highest BCUT2D eigenvalue weighted by Gasteiger charge is 2.30. The Morgan fingerprint density at radius 2 is 1.89 bits per heavy atom. The minimum absolute atomic E-state index is 0.136. The van der Waals surface area contributed by atoms with E-state index in [4.69, 9.17) is 4.74 Å². The number of likely N-dealkylation sites (N-methyl/N-ethyl adjacent to an activating group) is 1. The first-order valence-electron chi connectivity index (χ1n) is 9.63. The van der Waals surface area contributed by atoms with E-state index in [1.165, 1.54) is 5.56 Å². The molecule has 3 rings (SSSR count). The van der Waals surface area contributed by atoms with E-state index in [1.54, 1.807) is 7.05 Å². The van der Waals surface area contributed by atoms with Crippen LogP contribution in [0.3, 0.4) is 0 Å². The molecule has 2 atom stereocenters. The van der Waals surface area contributed by atoms with Gasteiger partial charge in [0.05, 0.1) is 18.8 Å². The normalized spacial score (nSPS) is 16.5. The Morgan fingerprint density at radius 1 is 1.18 bits per heavy atom. The second-order valence-electron chi connectivity index (χ2n) is 7.05. The number of hydrogen-bond donors (Lipinski definition) is 2. The predicted octanol–water partition coefficient (Wildman–Crippen LogP) is 3.15. The van der Waals surface area contributed by atoms with Crippen LogP contribution in [-0.4, -0.2) is 38.1 Å². The fraction of sp³-hybridized carbons (Fsp3) is 0.364. The van der Waals surface area contributed by atoms with Gasteiger partial charge in [0.15, 0.2) is 6.10 Å². The smallest absolute Gasteiger partial charge is 0.262 e. The lowest BCUT2D eigenvalue weighted by Gasteiger charge is -2.35. The zero-order chi connectivity index (χ0) is 20.1. The summed E-state index contributed by atoms with van der Waals surface area (Å²) in [5, 5.41) is 5.55. The van der Waals surface area contributed by atoms with Gasteiger partial charge in [-0.25, -0.2) is 0 Å². The molecule has 28 heavy (non-hydrogen) atoms. The molecule has 6 heteroatoms. The van der Waals surface area contributed by atoms with Crippen molar-refractivity contribution in [3.05, 3.63) is 54.1 Å². The van der Waals surface area contributed by atoms with Gasteiger partial charge < -0.3 is 20.3 Å². The Labute approximate surface area is 165 Å². The molecule has 0 bridgehead atoms. The van der Waals surface area contributed by atoms with Crippen LogP contribution in [0.5, 0.6) is 5.75 Å². The third-order valence-corrected chi connectivity index (χ3v) is 5.11. The first kappa shape index (κ1) is 19.7. The number of carbonyl (C=O) groups excluding carboxylic acids is 2. The average Bonchev–Trinajstić information content (AvgIpc) is 2.73. The molecule has 6 nitrogen and oxygen atoms in total. The lowest BCUT2D eigenvalue weighted by molar-refractivity contribution is -0.127. The van der Waals surface area contributed by atoms with Gasteiger partial charge in [0.2, 0.25) is 5.91 Å². The third kappa shape index (κ3) is 4.44. The number of amides is 2. The maximum atomic E-state index is 12.6. The van der Waals surface area contributed by atoms with E-state index in [0.717, 1.165) is 17.8 Å². The van der Waals surface area contributed by atoms with Gasteiger partial charge >= 0.3 is 0 Å². The van der Waals surface area contributed by atoms with Gasteiger partial charge in [0.1, 0.15) is 5.75 Å². The summed E-state index contributed by atoms with van der Waals surface area (Å²) in [4.78, 5) is 26.5. The summed E-state index contributed by atoms with van der Waals surface area (Å²) in [7, 11) is 1.58. The maximum Gasteiger partial charge on any atom is 0.262 e. The molecular formula is C22H27N3O3. The quantitative estimate of drug-likeness (QED) is 0.806. The SMILES string of the molecule is CC[C@H](C)c1ccc(NC(=O)CN2C[C@H](C(=O)NC)Oc3ccccc32)cc1. The van der Waals surface area contributed by atoms with Crippen molar-refractivity contribution < 1.29 is 14.3 Å². The van der Waals surface area contributed by atoms with Crippen LogP contribution in [0, 0.1) is 0 Å². The van der Waals surface area contributed by atoms with Crippen molar-refractivity contribution in [3.63, 3.8) is 0 Å². The zero-order valence-electron chi connectivity index (χ0n) is 16.6. The summed E-state index contributed by atoms with van der Waals surface area (Å²) < 4.78 is 5.78. The molecule has 0 aromatic heterocycles. The molecule has 0 fully saturated rings. The van der Waals surface area contributed by atoms with Crippen molar-refractivity contribution in [2.45, 2.75) is 32.3 Å². The highest BCUT2D eigenvalue weighted by Crippen LogP contribution is 2.33. The molecule has 0 spiro atoms. The van der Waals surface area contributed by atoms with E-state index in [2.05, 4.69) is 36.6 Å². The van der Waals surface area contributed by atoms with E-state index in [-0.39, 0.29) is 18.4 Å². The van der Waals surface area contributed by atoms with Gasteiger partial charge in [-0.05, 0) is 42.2 Å². The maximum absolute atomic E-state index is 12.6. The van der Waals surface area contributed by atoms with Gasteiger partial charge in [-0.3, -0.25) is 9.59 Å². The number of nitrogens with one attached hydrogen (secondary N) is 2. The Hall–Kier alpha value is -3.02. The van der Waals surface area contributed by atoms with Gasteiger partial charge in [0.25, 0.3) is 5.91 Å². The Bertz CT molecular complexity index is 835. The first-order valence-corrected chi connectivity index (χ1v) is 9.63. The molecule has 2 N–H and O–H groups in total. The fourth-order valence-corrected chi connectivity index (χ4v) is 3.26. The van der Waals surface area contributed by atoms with Crippen LogP contribution in [0.25, 0.3) is 0 Å². The van der Waals surface area contributed by atoms with E-state index < -0.39 is 6.10 Å². The summed E-state index contributed by atoms with van der Waals surface area (Å²) in [6.45, 7) is 4.80. The molecule has 2 amide bonds. The number of fused-ring (bicyclic) bond motifs is 1. The summed E-state index contributed by atoms with van der Waals surface area (Å²) in [5.41, 5.74) is 2.84. The molecule has 0 unspecified atom stereocenters. The van der Waals surface area contributed by atoms with Crippen molar-refractivity contribution >= 4 is 23.2 Å². The molecule has 0 aliphatic carbocycles. The monoisotopic (exact) mass is 381 g/mol. The summed E-state index contributed by atoms with van der Waals surface area (Å²) in [6.07, 6.45) is 0.428. The van der Waals surface area contributed by atoms with Crippen molar-refractivity contribution in [3.8, 4) is 5.75 Å². The highest BCUT2D eigenvalue weighted by molar-refractivity contribution is 5.95. The second-order valence-corrected chi connectivity index (χ2v) is 7.05. The number of para-hydroxylation sites is 2. The van der Waals surface area contributed by atoms with Crippen LogP contribution >= 0.6 is 0 Å². The molecule has 2 aromatic rings. The Balaban J connectivity index is 1.69. The number of benzene rings is 2. The number of anilines is 2. The lowest BCUT2D eigenvalue weighted by atomic mass is 9.99. The van der Waals surface area contributed by atoms with Crippen LogP contribution < -0.4 is 20.3 Å². The fourth-order valence-electron chi connectivity index (χ4n) is 3.26. The van der Waals surface area contributed by atoms with E-state index in [9.17, 15) is 9.59 Å². The van der Waals surface area contributed by atoms with Crippen LogP contribution in [0.4, 0.5) is 11.4 Å². The molecule has 0 radical (unpaired) electrons. The molecule has 1 aliphatic rings. The molecule has 148 valence electrons. The molecule has 1 aliphatic heterocycles. The van der Waals surface area contributed by atoms with Crippen molar-refractivity contribution in [1.29, 1.82) is 0 Å². The minimum atomic E-state index is -0.650. The number of rotatable bonds is 6. The Kier molecular flexibility index (Phi) is 6.19. The van der Waals surface area contributed by atoms with Crippen molar-refractivity contribution in [2.24, 2.45) is 0 Å². The number of ether oxygens (including phenoxy) is 1. The standard InChI is InChI=1S/C22H27N3O3/c1-4-15(2)16-9-11-17(12-10-16)24-21(26)14-25-13-20(22(27)23-3)28-19-8-6-5-7-18(19)25/h5-12,15,20H,4,13-14H2,1-3H3,(H,23,27)(H,24,26)/t15-,20+/m0/s1. The predicted molar refractivity (Wildman–Crippen MR) is 111 cm³/mol. The van der Waals surface area contributed by atoms with Gasteiger partial charge in [-0.1, -0.05) is 38.1 Å². The summed E-state index contributed by atoms with van der Waals surface area (Å²) in [5.74, 6) is 0.758. The van der Waals surface area contributed by atoms with Crippen molar-refractivity contribution in [2.75, 3.05) is 30.4 Å². The lowest BCUT2D eigenvalue weighted by Crippen LogP contribution is -2.50. The average molecular weight is 381 g/mol. The Morgan fingerprint density at radius 3 is 2.57 bits per heavy atom. The van der Waals surface area contributed by atoms with E-state index >= 15 is 0 Å². The number of hydrogen-bond acceptors (Lipinski definition) is 4. The highest BCUT2D eigenvalue weighted by atomic mass is 16.5. The molecule has 2 aromatic carbocycles. The third-order valence-electron chi connectivity index (χ3n) is 5.11. The van der Waals surface area contributed by atoms with Crippen LogP contribution in [-0.2, 0) is 9.59 Å². The number of carbonyl (C=O) groups is 2.